The maximum absolute atomic E-state index is 15.4. The predicted octanol–water partition coefficient (Wildman–Crippen LogP) is 1.65. The van der Waals surface area contributed by atoms with Crippen molar-refractivity contribution in [2.45, 2.75) is 50.4 Å². The highest BCUT2D eigenvalue weighted by atomic mass is 31.2. The number of hydrogen-bond acceptors (Lipinski definition) is 9. The van der Waals surface area contributed by atoms with E-state index in [-0.39, 0.29) is 18.8 Å². The normalized spacial score (nSPS) is 30.6. The number of nitrogens with one attached hydrogen (secondary N) is 1. The number of rotatable bonds is 8. The molecule has 13 heteroatoms. The Hall–Kier alpha value is -2.63. The van der Waals surface area contributed by atoms with E-state index in [0.717, 1.165) is 11.5 Å². The molecule has 2 aromatic rings. The third-order valence-electron chi connectivity index (χ3n) is 5.57. The molecule has 2 saturated heterocycles. The number of cyclic esters (lactones) is 1. The van der Waals surface area contributed by atoms with Gasteiger partial charge in [-0.3, -0.25) is 13.9 Å². The molecule has 0 bridgehead atoms. The van der Waals surface area contributed by atoms with Gasteiger partial charge < -0.3 is 19.1 Å². The Morgan fingerprint density at radius 3 is 2.71 bits per heavy atom. The topological polar surface area (TPSA) is 138 Å². The largest absolute Gasteiger partial charge is 0.464 e. The van der Waals surface area contributed by atoms with Crippen molar-refractivity contribution in [1.82, 2.24) is 14.6 Å². The lowest BCUT2D eigenvalue weighted by molar-refractivity contribution is -0.139. The molecule has 0 amide bonds. The van der Waals surface area contributed by atoms with Crippen LogP contribution in [0, 0.1) is 6.92 Å². The van der Waals surface area contributed by atoms with Crippen molar-refractivity contribution in [2.75, 3.05) is 13.2 Å². The number of carbonyl (C=O) groups is 1. The fourth-order valence-electron chi connectivity index (χ4n) is 3.71. The highest BCUT2D eigenvalue weighted by Gasteiger charge is 2.56. The first-order chi connectivity index (χ1) is 16.1. The molecule has 3 heterocycles. The third-order valence-corrected chi connectivity index (χ3v) is 7.13. The summed E-state index contributed by atoms with van der Waals surface area (Å²) in [5, 5.41) is 13.1. The van der Waals surface area contributed by atoms with Crippen molar-refractivity contribution < 1.29 is 37.4 Å². The third kappa shape index (κ3) is 5.06. The van der Waals surface area contributed by atoms with E-state index in [1.54, 1.807) is 25.1 Å². The summed E-state index contributed by atoms with van der Waals surface area (Å²) in [5.74, 6) is -0.414. The number of para-hydroxylation sites is 1. The molecule has 0 saturated carbocycles. The second kappa shape index (κ2) is 9.55. The van der Waals surface area contributed by atoms with Gasteiger partial charge in [0.25, 0.3) is 0 Å². The van der Waals surface area contributed by atoms with Crippen LogP contribution in [-0.4, -0.2) is 57.8 Å². The molecule has 11 nitrogen and oxygen atoms in total. The van der Waals surface area contributed by atoms with E-state index >= 15 is 4.39 Å². The maximum Gasteiger partial charge on any atom is 0.459 e. The number of aryl methyl sites for hydroxylation is 1. The molecule has 1 aromatic heterocycles. The minimum Gasteiger partial charge on any atom is -0.464 e. The zero-order valence-corrected chi connectivity index (χ0v) is 19.4. The number of alkyl halides is 1. The van der Waals surface area contributed by atoms with E-state index in [2.05, 4.69) is 10.1 Å². The minimum atomic E-state index is -4.20. The van der Waals surface area contributed by atoms with Crippen molar-refractivity contribution in [2.24, 2.45) is 0 Å². The van der Waals surface area contributed by atoms with Gasteiger partial charge >= 0.3 is 19.4 Å². The van der Waals surface area contributed by atoms with E-state index < -0.39 is 56.2 Å². The summed E-state index contributed by atoms with van der Waals surface area (Å²) in [4.78, 5) is 27.9. The predicted molar refractivity (Wildman–Crippen MR) is 116 cm³/mol. The highest BCUT2D eigenvalue weighted by molar-refractivity contribution is 7.52. The van der Waals surface area contributed by atoms with Crippen LogP contribution in [0.3, 0.4) is 0 Å². The van der Waals surface area contributed by atoms with Crippen molar-refractivity contribution in [3.05, 3.63) is 58.8 Å². The Labute approximate surface area is 194 Å². The van der Waals surface area contributed by atoms with E-state index in [1.807, 2.05) is 0 Å². The number of ether oxygens (including phenoxy) is 2. The molecule has 2 N–H and O–H groups in total. The summed E-state index contributed by atoms with van der Waals surface area (Å²) in [6.45, 7) is 2.28. The van der Waals surface area contributed by atoms with E-state index in [4.69, 9.17) is 18.5 Å². The van der Waals surface area contributed by atoms with Gasteiger partial charge in [-0.2, -0.15) is 10.1 Å². The van der Waals surface area contributed by atoms with Gasteiger partial charge in [0.05, 0.1) is 13.2 Å². The van der Waals surface area contributed by atoms with Crippen LogP contribution >= 0.6 is 7.75 Å². The minimum absolute atomic E-state index is 0.146. The van der Waals surface area contributed by atoms with Crippen LogP contribution in [0.1, 0.15) is 25.3 Å². The fraction of sp³-hybridized carbons (Fsp3) is 0.476. The number of nitrogens with zero attached hydrogens (tertiary/aromatic N) is 2. The number of halogens is 1. The lowest BCUT2D eigenvalue weighted by Crippen LogP contribution is -2.43. The summed E-state index contributed by atoms with van der Waals surface area (Å²) in [6.07, 6.45) is -2.96. The highest BCUT2D eigenvalue weighted by Crippen LogP contribution is 2.48. The quantitative estimate of drug-likeness (QED) is 0.409. The number of aromatic nitrogens is 2. The maximum atomic E-state index is 15.4. The molecule has 0 spiro atoms. The lowest BCUT2D eigenvalue weighted by Gasteiger charge is -2.25. The lowest BCUT2D eigenvalue weighted by atomic mass is 9.98. The number of esters is 1. The van der Waals surface area contributed by atoms with Crippen molar-refractivity contribution >= 4 is 13.7 Å². The molecule has 0 radical (unpaired) electrons. The molecule has 184 valence electrons. The van der Waals surface area contributed by atoms with Crippen LogP contribution < -0.4 is 15.3 Å². The molecule has 34 heavy (non-hydrogen) atoms. The number of aliphatic hydroxyl groups is 1. The smallest absolute Gasteiger partial charge is 0.459 e. The van der Waals surface area contributed by atoms with Gasteiger partial charge in [-0.05, 0) is 32.0 Å². The molecule has 2 aliphatic heterocycles. The van der Waals surface area contributed by atoms with Crippen molar-refractivity contribution in [1.29, 1.82) is 0 Å². The summed E-state index contributed by atoms with van der Waals surface area (Å²) < 4.78 is 51.4. The van der Waals surface area contributed by atoms with E-state index in [0.29, 0.717) is 5.69 Å². The Morgan fingerprint density at radius 2 is 2.06 bits per heavy atom. The second-order valence-electron chi connectivity index (χ2n) is 8.22. The van der Waals surface area contributed by atoms with E-state index in [1.165, 1.54) is 24.4 Å². The number of hydrogen-bond donors (Lipinski definition) is 2. The fourth-order valence-corrected chi connectivity index (χ4v) is 5.25. The van der Waals surface area contributed by atoms with Crippen molar-refractivity contribution in [3.63, 3.8) is 0 Å². The Bertz CT molecular complexity index is 1140. The van der Waals surface area contributed by atoms with Crippen LogP contribution in [-0.2, 0) is 23.4 Å². The zero-order chi connectivity index (χ0) is 24.5. The second-order valence-corrected chi connectivity index (χ2v) is 9.91. The van der Waals surface area contributed by atoms with Gasteiger partial charge in [0.1, 0.15) is 24.0 Å². The zero-order valence-electron chi connectivity index (χ0n) is 18.5. The van der Waals surface area contributed by atoms with Crippen molar-refractivity contribution in [3.8, 4) is 5.75 Å². The number of aliphatic hydroxyl groups excluding tert-OH is 1. The average Bonchev–Trinajstić information content (AvgIpc) is 3.28. The molecule has 2 aliphatic rings. The first-order valence-corrected chi connectivity index (χ1v) is 12.2. The van der Waals surface area contributed by atoms with Crippen LogP contribution in [0.25, 0.3) is 0 Å². The molecule has 2 fully saturated rings. The van der Waals surface area contributed by atoms with Gasteiger partial charge in [0.15, 0.2) is 11.9 Å². The number of benzene rings is 1. The SMILES string of the molecule is Cc1ccn(C2OC(COP(=O)(NC3CCOC3=O)Oc3ccccc3)C(O)C2(C)F)c(=O)n1. The Balaban J connectivity index is 1.52. The van der Waals surface area contributed by atoms with Gasteiger partial charge in [-0.15, -0.1) is 0 Å². The van der Waals surface area contributed by atoms with Gasteiger partial charge in [0.2, 0.25) is 0 Å². The van der Waals surface area contributed by atoms with Crippen LogP contribution in [0.15, 0.2) is 47.4 Å². The Kier molecular flexibility index (Phi) is 6.88. The Morgan fingerprint density at radius 1 is 1.32 bits per heavy atom. The van der Waals surface area contributed by atoms with E-state index in [9.17, 15) is 19.3 Å². The molecule has 1 aromatic carbocycles. The first kappa shape index (κ1) is 24.5. The van der Waals surface area contributed by atoms with Crippen LogP contribution in [0.2, 0.25) is 0 Å². The van der Waals surface area contributed by atoms with Gasteiger partial charge in [0, 0.05) is 18.3 Å². The van der Waals surface area contributed by atoms with Crippen LogP contribution in [0.4, 0.5) is 4.39 Å². The summed E-state index contributed by atoms with van der Waals surface area (Å²) >= 11 is 0. The molecule has 6 atom stereocenters. The standard InChI is InChI=1S/C21H25FN3O8P/c1-13-8-10-25(20(28)23-13)19-21(2,22)17(26)16(32-19)12-31-34(29,24-15-9-11-30-18(15)27)33-14-6-4-3-5-7-14/h3-8,10,15-17,19,26H,9,11-12H2,1-2H3,(H,24,29). The molecule has 0 aliphatic carbocycles. The molecular weight excluding hydrogens is 472 g/mol. The molecule has 6 unspecified atom stereocenters. The molecular formula is C21H25FN3O8P. The summed E-state index contributed by atoms with van der Waals surface area (Å²) in [7, 11) is -4.20. The summed E-state index contributed by atoms with van der Waals surface area (Å²) in [6, 6.07) is 8.69. The molecule has 4 rings (SSSR count). The van der Waals surface area contributed by atoms with Gasteiger partial charge in [-0.1, -0.05) is 18.2 Å². The first-order valence-electron chi connectivity index (χ1n) is 10.6. The van der Waals surface area contributed by atoms with Crippen LogP contribution in [0.5, 0.6) is 5.75 Å². The van der Waals surface area contributed by atoms with Gasteiger partial charge in [-0.25, -0.2) is 13.8 Å². The number of carbonyl (C=O) groups excluding carboxylic acids is 1. The monoisotopic (exact) mass is 497 g/mol. The average molecular weight is 497 g/mol. The summed E-state index contributed by atoms with van der Waals surface area (Å²) in [5.41, 5.74) is -2.69.